The Labute approximate surface area is 202 Å². The number of nitrogens with zero attached hydrogens (tertiary/aromatic N) is 2. The highest BCUT2D eigenvalue weighted by Crippen LogP contribution is 2.34. The van der Waals surface area contributed by atoms with Crippen molar-refractivity contribution in [2.45, 2.75) is 57.4 Å². The van der Waals surface area contributed by atoms with Crippen LogP contribution in [0.2, 0.25) is 0 Å². The fraction of sp³-hybridized carbons (Fsp3) is 0.480. The third-order valence-corrected chi connectivity index (χ3v) is 8.68. The number of hydrogen-bond acceptors (Lipinski definition) is 6. The molecule has 2 N–H and O–H groups in total. The molecule has 1 aliphatic heterocycles. The summed E-state index contributed by atoms with van der Waals surface area (Å²) in [5.41, 5.74) is 3.70. The lowest BCUT2D eigenvalue weighted by Gasteiger charge is -2.17. The first-order valence-electron chi connectivity index (χ1n) is 11.8. The van der Waals surface area contributed by atoms with Gasteiger partial charge in [-0.25, -0.2) is 4.98 Å². The number of H-pyrrole nitrogens is 1. The monoisotopic (exact) mass is 482 g/mol. The molecule has 1 aliphatic carbocycles. The van der Waals surface area contributed by atoms with Gasteiger partial charge in [-0.3, -0.25) is 14.5 Å². The Morgan fingerprint density at radius 2 is 1.97 bits per heavy atom. The SMILES string of the molecule is O=C(CCSCc1nc2sc3c(c2c(=O)[nH]1)CCC3)NCc1ccccc1CN1CCCC1. The van der Waals surface area contributed by atoms with E-state index in [4.69, 9.17) is 0 Å². The first-order chi connectivity index (χ1) is 16.2. The molecule has 1 fully saturated rings. The highest BCUT2D eigenvalue weighted by molar-refractivity contribution is 7.98. The molecule has 2 aliphatic rings. The fourth-order valence-electron chi connectivity index (χ4n) is 4.80. The van der Waals surface area contributed by atoms with Gasteiger partial charge in [0.15, 0.2) is 0 Å². The summed E-state index contributed by atoms with van der Waals surface area (Å²) in [5.74, 6) is 2.07. The number of rotatable bonds is 9. The lowest BCUT2D eigenvalue weighted by Crippen LogP contribution is -2.25. The summed E-state index contributed by atoms with van der Waals surface area (Å²) in [6.07, 6.45) is 6.22. The van der Waals surface area contributed by atoms with Crippen LogP contribution in [0.15, 0.2) is 29.1 Å². The molecule has 174 valence electrons. The molecule has 0 atom stereocenters. The normalized spacial score (nSPS) is 15.9. The summed E-state index contributed by atoms with van der Waals surface area (Å²) in [6, 6.07) is 8.40. The maximum absolute atomic E-state index is 12.6. The summed E-state index contributed by atoms with van der Waals surface area (Å²) >= 11 is 3.30. The summed E-state index contributed by atoms with van der Waals surface area (Å²) in [6.45, 7) is 3.87. The number of aryl methyl sites for hydroxylation is 2. The van der Waals surface area contributed by atoms with Gasteiger partial charge in [0.1, 0.15) is 10.7 Å². The maximum atomic E-state index is 12.6. The molecule has 3 heterocycles. The average molecular weight is 483 g/mol. The smallest absolute Gasteiger partial charge is 0.259 e. The molecular weight excluding hydrogens is 452 g/mol. The van der Waals surface area contributed by atoms with Crippen LogP contribution in [0.5, 0.6) is 0 Å². The van der Waals surface area contributed by atoms with E-state index in [1.807, 2.05) is 6.07 Å². The molecule has 2 aromatic heterocycles. The number of nitrogens with one attached hydrogen (secondary N) is 2. The number of carbonyl (C=O) groups excluding carboxylic acids is 1. The maximum Gasteiger partial charge on any atom is 0.259 e. The van der Waals surface area contributed by atoms with E-state index in [1.165, 1.54) is 47.5 Å². The highest BCUT2D eigenvalue weighted by atomic mass is 32.2. The molecule has 33 heavy (non-hydrogen) atoms. The van der Waals surface area contributed by atoms with E-state index in [-0.39, 0.29) is 11.5 Å². The second-order valence-electron chi connectivity index (χ2n) is 8.88. The van der Waals surface area contributed by atoms with Crippen LogP contribution in [0.25, 0.3) is 10.2 Å². The number of benzene rings is 1. The zero-order valence-corrected chi connectivity index (χ0v) is 20.5. The van der Waals surface area contributed by atoms with E-state index in [0.717, 1.165) is 36.0 Å². The van der Waals surface area contributed by atoms with Gasteiger partial charge in [0, 0.05) is 30.1 Å². The van der Waals surface area contributed by atoms with Crippen LogP contribution in [0.1, 0.15) is 53.1 Å². The Morgan fingerprint density at radius 3 is 2.82 bits per heavy atom. The number of amides is 1. The van der Waals surface area contributed by atoms with E-state index in [2.05, 4.69) is 38.4 Å². The topological polar surface area (TPSA) is 78.1 Å². The number of fused-ring (bicyclic) bond motifs is 3. The molecular formula is C25H30N4O2S2. The Bertz CT molecular complexity index is 1200. The Balaban J connectivity index is 1.08. The van der Waals surface area contributed by atoms with Gasteiger partial charge >= 0.3 is 0 Å². The number of aromatic nitrogens is 2. The number of likely N-dealkylation sites (tertiary alicyclic amines) is 1. The van der Waals surface area contributed by atoms with E-state index in [1.54, 1.807) is 23.1 Å². The van der Waals surface area contributed by atoms with Crippen LogP contribution in [0, 0.1) is 0 Å². The Morgan fingerprint density at radius 1 is 1.15 bits per heavy atom. The summed E-state index contributed by atoms with van der Waals surface area (Å²) in [7, 11) is 0. The van der Waals surface area contributed by atoms with Crippen molar-refractivity contribution in [2.24, 2.45) is 0 Å². The summed E-state index contributed by atoms with van der Waals surface area (Å²) < 4.78 is 0. The first kappa shape index (κ1) is 22.6. The van der Waals surface area contributed by atoms with Gasteiger partial charge < -0.3 is 10.3 Å². The van der Waals surface area contributed by atoms with Crippen molar-refractivity contribution >= 4 is 39.2 Å². The Hall–Kier alpha value is -2.16. The second kappa shape index (κ2) is 10.4. The Kier molecular flexibility index (Phi) is 7.13. The minimum absolute atomic E-state index is 0.0136. The number of hydrogen-bond donors (Lipinski definition) is 2. The van der Waals surface area contributed by atoms with Gasteiger partial charge in [0.2, 0.25) is 5.91 Å². The highest BCUT2D eigenvalue weighted by Gasteiger charge is 2.21. The predicted molar refractivity (Wildman–Crippen MR) is 136 cm³/mol. The fourth-order valence-corrected chi connectivity index (χ4v) is 6.88. The summed E-state index contributed by atoms with van der Waals surface area (Å²) in [5, 5.41) is 3.87. The lowest BCUT2D eigenvalue weighted by atomic mass is 10.1. The standard InChI is InChI=1S/C25H30N4O2S2/c30-22(26-14-17-6-1-2-7-18(17)15-29-11-3-4-12-29)10-13-32-16-21-27-24(31)23-19-8-5-9-20(19)33-25(23)28-21/h1-2,6-7H,3-5,8-16H2,(H,26,30)(H,27,28,31). The van der Waals surface area contributed by atoms with Gasteiger partial charge in [-0.2, -0.15) is 11.8 Å². The zero-order valence-electron chi connectivity index (χ0n) is 18.8. The van der Waals surface area contributed by atoms with Crippen molar-refractivity contribution in [3.63, 3.8) is 0 Å². The van der Waals surface area contributed by atoms with Crippen molar-refractivity contribution in [2.75, 3.05) is 18.8 Å². The average Bonchev–Trinajstić information content (AvgIpc) is 3.54. The van der Waals surface area contributed by atoms with Gasteiger partial charge in [0.05, 0.1) is 11.1 Å². The van der Waals surface area contributed by atoms with Crippen LogP contribution < -0.4 is 10.9 Å². The van der Waals surface area contributed by atoms with E-state index in [9.17, 15) is 9.59 Å². The van der Waals surface area contributed by atoms with E-state index < -0.39 is 0 Å². The molecule has 3 aromatic rings. The van der Waals surface area contributed by atoms with E-state index >= 15 is 0 Å². The zero-order chi connectivity index (χ0) is 22.6. The van der Waals surface area contributed by atoms with Gasteiger partial charge in [-0.1, -0.05) is 24.3 Å². The quantitative estimate of drug-likeness (QED) is 0.451. The van der Waals surface area contributed by atoms with Crippen molar-refractivity contribution in [3.05, 3.63) is 62.0 Å². The molecule has 0 radical (unpaired) electrons. The number of thioether (sulfide) groups is 1. The molecule has 0 unspecified atom stereocenters. The van der Waals surface area contributed by atoms with Crippen molar-refractivity contribution in [3.8, 4) is 0 Å². The van der Waals surface area contributed by atoms with Crippen molar-refractivity contribution in [1.82, 2.24) is 20.2 Å². The summed E-state index contributed by atoms with van der Waals surface area (Å²) in [4.78, 5) is 37.2. The van der Waals surface area contributed by atoms with Crippen LogP contribution >= 0.6 is 23.1 Å². The predicted octanol–water partition coefficient (Wildman–Crippen LogP) is 4.01. The molecule has 0 bridgehead atoms. The molecule has 1 aromatic carbocycles. The van der Waals surface area contributed by atoms with Gasteiger partial charge in [-0.05, 0) is 61.9 Å². The molecule has 6 nitrogen and oxygen atoms in total. The largest absolute Gasteiger partial charge is 0.352 e. The third kappa shape index (κ3) is 5.34. The molecule has 1 amide bonds. The van der Waals surface area contributed by atoms with Crippen LogP contribution in [-0.2, 0) is 36.5 Å². The lowest BCUT2D eigenvalue weighted by molar-refractivity contribution is -0.120. The first-order valence-corrected chi connectivity index (χ1v) is 13.8. The number of carbonyl (C=O) groups is 1. The van der Waals surface area contributed by atoms with Gasteiger partial charge in [0.25, 0.3) is 5.56 Å². The third-order valence-electron chi connectivity index (χ3n) is 6.52. The molecule has 0 spiro atoms. The molecule has 8 heteroatoms. The molecule has 1 saturated heterocycles. The van der Waals surface area contributed by atoms with Crippen LogP contribution in [0.4, 0.5) is 0 Å². The van der Waals surface area contributed by atoms with Crippen molar-refractivity contribution in [1.29, 1.82) is 0 Å². The van der Waals surface area contributed by atoms with Crippen LogP contribution in [-0.4, -0.2) is 39.6 Å². The minimum Gasteiger partial charge on any atom is -0.352 e. The minimum atomic E-state index is -0.0136. The molecule has 0 saturated carbocycles. The van der Waals surface area contributed by atoms with Crippen molar-refractivity contribution < 1.29 is 4.79 Å². The molecule has 5 rings (SSSR count). The van der Waals surface area contributed by atoms with E-state index in [0.29, 0.717) is 30.3 Å². The number of thiophene rings is 1. The van der Waals surface area contributed by atoms with Crippen LogP contribution in [0.3, 0.4) is 0 Å². The van der Waals surface area contributed by atoms with Gasteiger partial charge in [-0.15, -0.1) is 11.3 Å². The second-order valence-corrected chi connectivity index (χ2v) is 11.1. The number of aromatic amines is 1.